The van der Waals surface area contributed by atoms with Crippen LogP contribution in [0, 0.1) is 0 Å². The van der Waals surface area contributed by atoms with E-state index in [1.54, 1.807) is 37.6 Å². The third kappa shape index (κ3) is 3.88. The minimum Gasteiger partial charge on any atom is -0.497 e. The number of aromatic carboxylic acids is 1. The van der Waals surface area contributed by atoms with Gasteiger partial charge >= 0.3 is 5.97 Å². The number of rotatable bonds is 6. The van der Waals surface area contributed by atoms with Crippen LogP contribution in [0.15, 0.2) is 91.3 Å². The van der Waals surface area contributed by atoms with E-state index in [1.165, 1.54) is 0 Å². The number of thiocarbonyl (C=S) groups is 1. The molecule has 3 heterocycles. The summed E-state index contributed by atoms with van der Waals surface area (Å²) in [4.78, 5) is 18.0. The Balaban J connectivity index is 1.62. The van der Waals surface area contributed by atoms with Crippen LogP contribution in [-0.4, -0.2) is 32.8 Å². The summed E-state index contributed by atoms with van der Waals surface area (Å²) in [5, 5.41) is 13.3. The van der Waals surface area contributed by atoms with Gasteiger partial charge in [0.25, 0.3) is 0 Å². The first-order valence-electron chi connectivity index (χ1n) is 10.7. The number of methoxy groups -OCH3 is 1. The predicted molar refractivity (Wildman–Crippen MR) is 134 cm³/mol. The Morgan fingerprint density at radius 3 is 2.38 bits per heavy atom. The normalized spacial score (nSPS) is 17.4. The lowest BCUT2D eigenvalue weighted by Crippen LogP contribution is -2.30. The number of anilines is 1. The van der Waals surface area contributed by atoms with Crippen molar-refractivity contribution in [2.45, 2.75) is 12.1 Å². The zero-order chi connectivity index (χ0) is 23.7. The van der Waals surface area contributed by atoms with Crippen molar-refractivity contribution in [2.75, 3.05) is 12.0 Å². The van der Waals surface area contributed by atoms with E-state index in [2.05, 4.69) is 25.8 Å². The van der Waals surface area contributed by atoms with Crippen LogP contribution in [0.3, 0.4) is 0 Å². The predicted octanol–water partition coefficient (Wildman–Crippen LogP) is 4.76. The molecular weight excluding hydrogens is 448 g/mol. The van der Waals surface area contributed by atoms with Gasteiger partial charge in [-0.05, 0) is 85.0 Å². The number of carboxylic acids is 1. The number of nitrogens with zero attached hydrogens (tertiary/aromatic N) is 3. The van der Waals surface area contributed by atoms with Crippen LogP contribution in [0.4, 0.5) is 5.69 Å². The zero-order valence-electron chi connectivity index (χ0n) is 18.3. The molecule has 0 spiro atoms. The van der Waals surface area contributed by atoms with Crippen LogP contribution in [0.25, 0.3) is 5.69 Å². The standard InChI is InChI=1S/C26H22N4O3S/c1-33-20-13-11-19(12-14-20)30-24(23(28-26(30)34)21-5-2-3-15-27-21)22-6-4-16-29(22)18-9-7-17(8-10-18)25(31)32/h2-16,23-24H,1H3,(H,28,34)(H,31,32)/t23-,24-/m1/s1. The summed E-state index contributed by atoms with van der Waals surface area (Å²) in [7, 11) is 1.64. The van der Waals surface area contributed by atoms with Gasteiger partial charge in [0.05, 0.1) is 24.4 Å². The highest BCUT2D eigenvalue weighted by atomic mass is 32.1. The Morgan fingerprint density at radius 2 is 1.74 bits per heavy atom. The fraction of sp³-hybridized carbons (Fsp3) is 0.115. The number of hydrogen-bond donors (Lipinski definition) is 2. The average Bonchev–Trinajstić information content (AvgIpc) is 3.49. The first kappa shape index (κ1) is 21.7. The topological polar surface area (TPSA) is 79.6 Å². The summed E-state index contributed by atoms with van der Waals surface area (Å²) in [5.41, 5.74) is 3.89. The second kappa shape index (κ2) is 8.99. The number of benzene rings is 2. The molecular formula is C26H22N4O3S. The zero-order valence-corrected chi connectivity index (χ0v) is 19.1. The molecule has 2 atom stereocenters. The van der Waals surface area contributed by atoms with Gasteiger partial charge in [-0.2, -0.15) is 0 Å². The molecule has 8 heteroatoms. The molecule has 0 unspecified atom stereocenters. The molecule has 5 rings (SSSR count). The van der Waals surface area contributed by atoms with Crippen molar-refractivity contribution in [2.24, 2.45) is 0 Å². The number of hydrogen-bond acceptors (Lipinski definition) is 4. The number of ether oxygens (including phenoxy) is 1. The molecule has 0 aliphatic carbocycles. The molecule has 2 aromatic heterocycles. The molecule has 7 nitrogen and oxygen atoms in total. The molecule has 0 saturated carbocycles. The van der Waals surface area contributed by atoms with E-state index in [9.17, 15) is 9.90 Å². The smallest absolute Gasteiger partial charge is 0.335 e. The molecule has 4 aromatic rings. The maximum Gasteiger partial charge on any atom is 0.335 e. The molecule has 170 valence electrons. The quantitative estimate of drug-likeness (QED) is 0.394. The van der Waals surface area contributed by atoms with Gasteiger partial charge in [0.15, 0.2) is 5.11 Å². The number of nitrogens with one attached hydrogen (secondary N) is 1. The summed E-state index contributed by atoms with van der Waals surface area (Å²) in [6, 6.07) is 24.1. The first-order valence-corrected chi connectivity index (χ1v) is 11.1. The molecule has 1 aliphatic heterocycles. The summed E-state index contributed by atoms with van der Waals surface area (Å²) in [6.07, 6.45) is 3.74. The summed E-state index contributed by atoms with van der Waals surface area (Å²) < 4.78 is 7.38. The largest absolute Gasteiger partial charge is 0.497 e. The van der Waals surface area contributed by atoms with Crippen molar-refractivity contribution >= 4 is 29.0 Å². The molecule has 34 heavy (non-hydrogen) atoms. The number of pyridine rings is 1. The van der Waals surface area contributed by atoms with E-state index in [-0.39, 0.29) is 17.6 Å². The molecule has 0 amide bonds. The van der Waals surface area contributed by atoms with Crippen molar-refractivity contribution in [3.63, 3.8) is 0 Å². The number of carboxylic acid groups (broad SMARTS) is 1. The summed E-state index contributed by atoms with van der Waals surface area (Å²) in [5.74, 6) is -0.188. The van der Waals surface area contributed by atoms with Crippen LogP contribution in [0.1, 0.15) is 33.8 Å². The van der Waals surface area contributed by atoms with Crippen molar-refractivity contribution in [3.8, 4) is 11.4 Å². The molecule has 1 fully saturated rings. The van der Waals surface area contributed by atoms with Crippen molar-refractivity contribution < 1.29 is 14.6 Å². The van der Waals surface area contributed by atoms with Gasteiger partial charge in [-0.15, -0.1) is 0 Å². The second-order valence-electron chi connectivity index (χ2n) is 7.85. The monoisotopic (exact) mass is 470 g/mol. The fourth-order valence-corrected chi connectivity index (χ4v) is 4.66. The highest BCUT2D eigenvalue weighted by Crippen LogP contribution is 2.42. The van der Waals surface area contributed by atoms with Gasteiger partial charge in [-0.1, -0.05) is 6.07 Å². The van der Waals surface area contributed by atoms with E-state index in [1.807, 2.05) is 54.7 Å². The highest BCUT2D eigenvalue weighted by Gasteiger charge is 2.42. The van der Waals surface area contributed by atoms with Gasteiger partial charge in [-0.25, -0.2) is 4.79 Å². The lowest BCUT2D eigenvalue weighted by atomic mass is 10.0. The molecule has 2 N–H and O–H groups in total. The Bertz CT molecular complexity index is 1320. The fourth-order valence-electron chi connectivity index (χ4n) is 4.31. The van der Waals surface area contributed by atoms with Crippen molar-refractivity contribution in [1.29, 1.82) is 0 Å². The van der Waals surface area contributed by atoms with Crippen LogP contribution in [0.5, 0.6) is 5.75 Å². The average molecular weight is 471 g/mol. The van der Waals surface area contributed by atoms with Gasteiger partial charge in [0, 0.05) is 29.5 Å². The number of carbonyl (C=O) groups is 1. The van der Waals surface area contributed by atoms with Gasteiger partial charge < -0.3 is 24.6 Å². The molecule has 1 aliphatic rings. The summed E-state index contributed by atoms with van der Waals surface area (Å²) in [6.45, 7) is 0. The van der Waals surface area contributed by atoms with Crippen LogP contribution in [-0.2, 0) is 0 Å². The van der Waals surface area contributed by atoms with E-state index in [0.29, 0.717) is 5.11 Å². The molecule has 1 saturated heterocycles. The summed E-state index contributed by atoms with van der Waals surface area (Å²) >= 11 is 5.80. The van der Waals surface area contributed by atoms with Gasteiger partial charge in [0.1, 0.15) is 11.8 Å². The van der Waals surface area contributed by atoms with E-state index >= 15 is 0 Å². The first-order chi connectivity index (χ1) is 16.6. The number of aromatic nitrogens is 2. The SMILES string of the molecule is COc1ccc(N2C(=S)N[C@H](c3ccccn3)[C@H]2c2cccn2-c2ccc(C(=O)O)cc2)cc1. The minimum atomic E-state index is -0.953. The molecule has 0 bridgehead atoms. The molecule has 2 aromatic carbocycles. The van der Waals surface area contributed by atoms with Crippen molar-refractivity contribution in [1.82, 2.24) is 14.9 Å². The third-order valence-corrected chi connectivity index (χ3v) is 6.24. The Labute approximate surface area is 202 Å². The Hall–Kier alpha value is -4.17. The highest BCUT2D eigenvalue weighted by molar-refractivity contribution is 7.80. The van der Waals surface area contributed by atoms with E-state index < -0.39 is 5.97 Å². The third-order valence-electron chi connectivity index (χ3n) is 5.92. The van der Waals surface area contributed by atoms with E-state index in [4.69, 9.17) is 17.0 Å². The Morgan fingerprint density at radius 1 is 1.00 bits per heavy atom. The lowest BCUT2D eigenvalue weighted by Gasteiger charge is -2.29. The Kier molecular flexibility index (Phi) is 5.73. The van der Waals surface area contributed by atoms with Crippen LogP contribution >= 0.6 is 12.2 Å². The van der Waals surface area contributed by atoms with E-state index in [0.717, 1.165) is 28.5 Å². The van der Waals surface area contributed by atoms with Crippen LogP contribution in [0.2, 0.25) is 0 Å². The lowest BCUT2D eigenvalue weighted by molar-refractivity contribution is 0.0697. The van der Waals surface area contributed by atoms with Gasteiger partial charge in [0.2, 0.25) is 0 Å². The second-order valence-corrected chi connectivity index (χ2v) is 8.24. The van der Waals surface area contributed by atoms with Crippen molar-refractivity contribution in [3.05, 3.63) is 108 Å². The van der Waals surface area contributed by atoms with Gasteiger partial charge in [-0.3, -0.25) is 4.98 Å². The minimum absolute atomic E-state index is 0.192. The molecule has 0 radical (unpaired) electrons. The van der Waals surface area contributed by atoms with Crippen LogP contribution < -0.4 is 15.0 Å². The maximum absolute atomic E-state index is 11.3. The maximum atomic E-state index is 11.3.